The van der Waals surface area contributed by atoms with Gasteiger partial charge >= 0.3 is 5.97 Å². The second kappa shape index (κ2) is 10.1. The fourth-order valence-electron chi connectivity index (χ4n) is 2.20. The molecule has 0 fully saturated rings. The summed E-state index contributed by atoms with van der Waals surface area (Å²) in [4.78, 5) is 23.2. The quantitative estimate of drug-likeness (QED) is 0.617. The molecule has 0 saturated heterocycles. The van der Waals surface area contributed by atoms with Crippen LogP contribution in [0.3, 0.4) is 0 Å². The molecule has 0 saturated carbocycles. The van der Waals surface area contributed by atoms with E-state index in [1.807, 2.05) is 0 Å². The van der Waals surface area contributed by atoms with Gasteiger partial charge < -0.3 is 14.8 Å². The van der Waals surface area contributed by atoms with Gasteiger partial charge in [-0.1, -0.05) is 20.8 Å². The number of benzene rings is 1. The van der Waals surface area contributed by atoms with E-state index in [1.165, 1.54) is 22.5 Å². The van der Waals surface area contributed by atoms with Crippen LogP contribution in [-0.4, -0.2) is 50.9 Å². The molecule has 0 atom stereocenters. The molecule has 26 heavy (non-hydrogen) atoms. The highest BCUT2D eigenvalue weighted by Crippen LogP contribution is 2.29. The summed E-state index contributed by atoms with van der Waals surface area (Å²) in [7, 11) is -3.68. The van der Waals surface area contributed by atoms with Gasteiger partial charge in [0.2, 0.25) is 10.0 Å². The lowest BCUT2D eigenvalue weighted by Crippen LogP contribution is -2.30. The highest BCUT2D eigenvalue weighted by atomic mass is 32.2. The molecule has 0 bridgehead atoms. The molecule has 1 aromatic rings. The van der Waals surface area contributed by atoms with Crippen LogP contribution in [0.15, 0.2) is 23.1 Å². The van der Waals surface area contributed by atoms with E-state index < -0.39 is 28.5 Å². The molecule has 0 radical (unpaired) electrons. The van der Waals surface area contributed by atoms with Gasteiger partial charge in [0, 0.05) is 19.5 Å². The first-order valence-corrected chi connectivity index (χ1v) is 9.96. The van der Waals surface area contributed by atoms with E-state index in [0.29, 0.717) is 25.4 Å². The van der Waals surface area contributed by atoms with Crippen LogP contribution in [0.1, 0.15) is 34.1 Å². The lowest BCUT2D eigenvalue weighted by atomic mass is 10.3. The van der Waals surface area contributed by atoms with E-state index in [4.69, 9.17) is 9.47 Å². The molecule has 0 aliphatic rings. The SMILES string of the molecule is CCOc1ccc(S(=O)(=O)N(CC)CC)cc1NC(=O)COC(=O)CC. The van der Waals surface area contributed by atoms with Crippen molar-refractivity contribution >= 4 is 27.6 Å². The van der Waals surface area contributed by atoms with Crippen LogP contribution < -0.4 is 10.1 Å². The Morgan fingerprint density at radius 2 is 1.77 bits per heavy atom. The van der Waals surface area contributed by atoms with Crippen molar-refractivity contribution in [2.24, 2.45) is 0 Å². The van der Waals surface area contributed by atoms with E-state index in [1.54, 1.807) is 27.7 Å². The summed E-state index contributed by atoms with van der Waals surface area (Å²) in [5, 5.41) is 2.54. The molecule has 0 unspecified atom stereocenters. The van der Waals surface area contributed by atoms with E-state index in [9.17, 15) is 18.0 Å². The molecule has 1 amide bonds. The molecule has 146 valence electrons. The van der Waals surface area contributed by atoms with Crippen LogP contribution in [0.25, 0.3) is 0 Å². The van der Waals surface area contributed by atoms with Crippen molar-refractivity contribution in [1.82, 2.24) is 4.31 Å². The van der Waals surface area contributed by atoms with Crippen LogP contribution in [0.2, 0.25) is 0 Å². The van der Waals surface area contributed by atoms with Gasteiger partial charge in [0.05, 0.1) is 17.2 Å². The number of amides is 1. The molecular weight excluding hydrogens is 360 g/mol. The van der Waals surface area contributed by atoms with Gasteiger partial charge in [0.25, 0.3) is 5.91 Å². The van der Waals surface area contributed by atoms with Gasteiger partial charge in [0.15, 0.2) is 6.61 Å². The molecule has 1 N–H and O–H groups in total. The lowest BCUT2D eigenvalue weighted by Gasteiger charge is -2.20. The number of rotatable bonds is 10. The van der Waals surface area contributed by atoms with Crippen molar-refractivity contribution in [3.8, 4) is 5.75 Å². The Morgan fingerprint density at radius 3 is 2.31 bits per heavy atom. The molecule has 1 aromatic carbocycles. The number of carbonyl (C=O) groups excluding carboxylic acids is 2. The standard InChI is InChI=1S/C17H26N2O6S/c1-5-17(21)25-12-16(20)18-14-11-13(9-10-15(14)24-8-4)26(22,23)19(6-2)7-3/h9-11H,5-8,12H2,1-4H3,(H,18,20). The predicted octanol–water partition coefficient (Wildman–Crippen LogP) is 2.01. The Bertz CT molecular complexity index is 729. The van der Waals surface area contributed by atoms with Crippen molar-refractivity contribution in [1.29, 1.82) is 0 Å². The van der Waals surface area contributed by atoms with Crippen molar-refractivity contribution in [3.63, 3.8) is 0 Å². The van der Waals surface area contributed by atoms with Crippen LogP contribution in [0.4, 0.5) is 5.69 Å². The monoisotopic (exact) mass is 386 g/mol. The van der Waals surface area contributed by atoms with Crippen LogP contribution in [-0.2, 0) is 24.3 Å². The number of nitrogens with zero attached hydrogens (tertiary/aromatic N) is 1. The zero-order chi connectivity index (χ0) is 19.7. The van der Waals surface area contributed by atoms with Gasteiger partial charge in [-0.3, -0.25) is 9.59 Å². The minimum absolute atomic E-state index is 0.0468. The van der Waals surface area contributed by atoms with E-state index in [-0.39, 0.29) is 17.0 Å². The summed E-state index contributed by atoms with van der Waals surface area (Å²) in [5.41, 5.74) is 0.206. The Morgan fingerprint density at radius 1 is 1.12 bits per heavy atom. The molecule has 8 nitrogen and oxygen atoms in total. The average Bonchev–Trinajstić information content (AvgIpc) is 2.62. The molecule has 0 spiro atoms. The second-order valence-electron chi connectivity index (χ2n) is 5.24. The number of nitrogens with one attached hydrogen (secondary N) is 1. The minimum atomic E-state index is -3.68. The fourth-order valence-corrected chi connectivity index (χ4v) is 3.68. The average molecular weight is 386 g/mol. The highest BCUT2D eigenvalue weighted by molar-refractivity contribution is 7.89. The third-order valence-electron chi connectivity index (χ3n) is 3.52. The van der Waals surface area contributed by atoms with Crippen LogP contribution in [0, 0.1) is 0 Å². The Hall–Kier alpha value is -2.13. The molecular formula is C17H26N2O6S. The van der Waals surface area contributed by atoms with Crippen molar-refractivity contribution in [2.45, 2.75) is 39.0 Å². The van der Waals surface area contributed by atoms with E-state index in [0.717, 1.165) is 0 Å². The highest BCUT2D eigenvalue weighted by Gasteiger charge is 2.23. The van der Waals surface area contributed by atoms with Crippen molar-refractivity contribution < 1.29 is 27.5 Å². The summed E-state index contributed by atoms with van der Waals surface area (Å²) in [6.45, 7) is 7.45. The van der Waals surface area contributed by atoms with Gasteiger partial charge in [-0.15, -0.1) is 0 Å². The van der Waals surface area contributed by atoms with E-state index in [2.05, 4.69) is 5.32 Å². The first-order chi connectivity index (χ1) is 12.3. The fraction of sp³-hybridized carbons (Fsp3) is 0.529. The Labute approximate surface area is 154 Å². The Kier molecular flexibility index (Phi) is 8.53. The summed E-state index contributed by atoms with van der Waals surface area (Å²) in [6, 6.07) is 4.27. The first-order valence-electron chi connectivity index (χ1n) is 8.52. The lowest BCUT2D eigenvalue weighted by molar-refractivity contribution is -0.146. The van der Waals surface area contributed by atoms with E-state index >= 15 is 0 Å². The third kappa shape index (κ3) is 5.70. The maximum atomic E-state index is 12.7. The first kappa shape index (κ1) is 21.9. The second-order valence-corrected chi connectivity index (χ2v) is 7.18. The number of hydrogen-bond donors (Lipinski definition) is 1. The van der Waals surface area contributed by atoms with Gasteiger partial charge in [-0.25, -0.2) is 8.42 Å². The largest absolute Gasteiger partial charge is 0.492 e. The minimum Gasteiger partial charge on any atom is -0.492 e. The smallest absolute Gasteiger partial charge is 0.306 e. The number of carbonyl (C=O) groups is 2. The number of sulfonamides is 1. The zero-order valence-electron chi connectivity index (χ0n) is 15.6. The molecule has 1 rings (SSSR count). The summed E-state index contributed by atoms with van der Waals surface area (Å²) in [5.74, 6) is -0.741. The summed E-state index contributed by atoms with van der Waals surface area (Å²) >= 11 is 0. The zero-order valence-corrected chi connectivity index (χ0v) is 16.4. The topological polar surface area (TPSA) is 102 Å². The number of ether oxygens (including phenoxy) is 2. The summed E-state index contributed by atoms with van der Waals surface area (Å²) < 4.78 is 36.8. The van der Waals surface area contributed by atoms with Crippen molar-refractivity contribution in [2.75, 3.05) is 31.6 Å². The van der Waals surface area contributed by atoms with Gasteiger partial charge in [-0.05, 0) is 25.1 Å². The predicted molar refractivity (Wildman–Crippen MR) is 97.6 cm³/mol. The third-order valence-corrected chi connectivity index (χ3v) is 5.57. The van der Waals surface area contributed by atoms with Crippen LogP contribution >= 0.6 is 0 Å². The molecule has 9 heteroatoms. The van der Waals surface area contributed by atoms with Gasteiger partial charge in [-0.2, -0.15) is 4.31 Å². The normalized spacial score (nSPS) is 11.3. The maximum Gasteiger partial charge on any atom is 0.306 e. The van der Waals surface area contributed by atoms with Crippen molar-refractivity contribution in [3.05, 3.63) is 18.2 Å². The number of esters is 1. The molecule has 0 heterocycles. The maximum absolute atomic E-state index is 12.7. The molecule has 0 aromatic heterocycles. The summed E-state index contributed by atoms with van der Waals surface area (Å²) in [6.07, 6.45) is 0.162. The Balaban J connectivity index is 3.12. The number of hydrogen-bond acceptors (Lipinski definition) is 6. The molecule has 0 aliphatic heterocycles. The number of anilines is 1. The molecule has 0 aliphatic carbocycles. The van der Waals surface area contributed by atoms with Gasteiger partial charge in [0.1, 0.15) is 5.75 Å². The van der Waals surface area contributed by atoms with Crippen LogP contribution in [0.5, 0.6) is 5.75 Å².